The zero-order chi connectivity index (χ0) is 16.4. The molecule has 4 aromatic rings. The van der Waals surface area contributed by atoms with Gasteiger partial charge in [-0.3, -0.25) is 0 Å². The monoisotopic (exact) mass is 336 g/mol. The van der Waals surface area contributed by atoms with E-state index in [0.29, 0.717) is 24.2 Å². The quantitative estimate of drug-likeness (QED) is 0.532. The lowest BCUT2D eigenvalue weighted by atomic mass is 10.1. The number of rotatable bonds is 4. The number of benzene rings is 1. The second-order valence-electron chi connectivity index (χ2n) is 5.39. The third-order valence-corrected chi connectivity index (χ3v) is 4.56. The summed E-state index contributed by atoms with van der Waals surface area (Å²) >= 11 is 1.50. The molecule has 0 spiro atoms. The summed E-state index contributed by atoms with van der Waals surface area (Å²) in [7, 11) is 0. The van der Waals surface area contributed by atoms with E-state index in [1.165, 1.54) is 11.3 Å². The molecule has 0 saturated heterocycles. The van der Waals surface area contributed by atoms with Gasteiger partial charge < -0.3 is 0 Å². The van der Waals surface area contributed by atoms with Crippen LogP contribution in [0.3, 0.4) is 0 Å². The van der Waals surface area contributed by atoms with Gasteiger partial charge in [-0.05, 0) is 23.8 Å². The number of hydrogen-bond acceptors (Lipinski definition) is 5. The Kier molecular flexibility index (Phi) is 3.96. The van der Waals surface area contributed by atoms with E-state index in [1.807, 2.05) is 48.5 Å². The number of hydrogen-bond donors (Lipinski definition) is 0. The number of halogens is 1. The highest BCUT2D eigenvalue weighted by Crippen LogP contribution is 2.21. The molecule has 1 aromatic carbocycles. The van der Waals surface area contributed by atoms with Crippen LogP contribution in [0.1, 0.15) is 22.0 Å². The van der Waals surface area contributed by atoms with Crippen LogP contribution in [0.5, 0.6) is 0 Å². The van der Waals surface area contributed by atoms with Crippen molar-refractivity contribution in [3.63, 3.8) is 0 Å². The Morgan fingerprint density at radius 3 is 2.46 bits per heavy atom. The molecular weight excluding hydrogens is 323 g/mol. The first-order valence-electron chi connectivity index (χ1n) is 7.53. The topological polar surface area (TPSA) is 51.6 Å². The van der Waals surface area contributed by atoms with Crippen LogP contribution in [-0.4, -0.2) is 19.9 Å². The molecule has 3 aromatic heterocycles. The number of fused-ring (bicyclic) bond motifs is 1. The lowest BCUT2D eigenvalue weighted by Gasteiger charge is -2.04. The average Bonchev–Trinajstić information content (AvgIpc) is 2.97. The average molecular weight is 336 g/mol. The van der Waals surface area contributed by atoms with Crippen LogP contribution in [0.4, 0.5) is 4.39 Å². The summed E-state index contributed by atoms with van der Waals surface area (Å²) in [5.41, 5.74) is 3.25. The van der Waals surface area contributed by atoms with Gasteiger partial charge in [-0.15, -0.1) is 0 Å². The second kappa shape index (κ2) is 6.41. The molecule has 3 heterocycles. The molecule has 0 fully saturated rings. The minimum atomic E-state index is -0.697. The fraction of sp³-hybridized carbons (Fsp3) is 0.111. The van der Waals surface area contributed by atoms with Crippen molar-refractivity contribution >= 4 is 21.7 Å². The number of pyridine rings is 1. The van der Waals surface area contributed by atoms with Crippen LogP contribution in [0.15, 0.2) is 54.7 Å². The predicted octanol–water partition coefficient (Wildman–Crippen LogP) is 3.80. The Labute approximate surface area is 142 Å². The normalized spacial score (nSPS) is 11.0. The summed E-state index contributed by atoms with van der Waals surface area (Å²) in [6.45, 7) is 0. The van der Waals surface area contributed by atoms with Gasteiger partial charge in [-0.25, -0.2) is 19.9 Å². The largest absolute Gasteiger partial charge is 0.309 e. The van der Waals surface area contributed by atoms with Crippen LogP contribution in [0.2, 0.25) is 0 Å². The predicted molar refractivity (Wildman–Crippen MR) is 91.5 cm³/mol. The highest BCUT2D eigenvalue weighted by molar-refractivity contribution is 7.18. The van der Waals surface area contributed by atoms with E-state index in [4.69, 9.17) is 0 Å². The van der Waals surface area contributed by atoms with Gasteiger partial charge in [0, 0.05) is 19.0 Å². The Morgan fingerprint density at radius 1 is 0.875 bits per heavy atom. The summed E-state index contributed by atoms with van der Waals surface area (Å²) < 4.78 is 13.8. The van der Waals surface area contributed by atoms with Gasteiger partial charge in [-0.1, -0.05) is 41.7 Å². The number of thiazole rings is 1. The Morgan fingerprint density at radius 2 is 1.67 bits per heavy atom. The van der Waals surface area contributed by atoms with Crippen molar-refractivity contribution in [3.8, 4) is 0 Å². The molecule has 4 rings (SSSR count). The van der Waals surface area contributed by atoms with Crippen LogP contribution >= 0.6 is 11.3 Å². The molecule has 0 bridgehead atoms. The van der Waals surface area contributed by atoms with Crippen molar-refractivity contribution in [2.45, 2.75) is 12.8 Å². The van der Waals surface area contributed by atoms with E-state index in [0.717, 1.165) is 20.9 Å². The molecule has 24 heavy (non-hydrogen) atoms. The van der Waals surface area contributed by atoms with Crippen LogP contribution < -0.4 is 0 Å². The minimum Gasteiger partial charge on any atom is -0.244 e. The Hall–Kier alpha value is -2.73. The maximum Gasteiger partial charge on any atom is 0.309 e. The van der Waals surface area contributed by atoms with E-state index < -0.39 is 6.08 Å². The van der Waals surface area contributed by atoms with E-state index in [9.17, 15) is 4.39 Å². The molecule has 0 aliphatic heterocycles. The Balaban J connectivity index is 1.61. The Bertz CT molecular complexity index is 952. The van der Waals surface area contributed by atoms with Crippen molar-refractivity contribution in [2.75, 3.05) is 0 Å². The molecule has 0 N–H and O–H groups in total. The third kappa shape index (κ3) is 3.28. The summed E-state index contributed by atoms with van der Waals surface area (Å²) in [4.78, 5) is 17.5. The highest BCUT2D eigenvalue weighted by Gasteiger charge is 2.10. The molecule has 0 amide bonds. The standard InChI is InChI=1S/C18H13FN4S/c19-18-21-13(9-12-5-2-1-3-6-12)10-14(22-18)11-16-23-15-7-4-8-20-17(15)24-16/h1-8,10H,9,11H2. The molecule has 0 saturated carbocycles. The van der Waals surface area contributed by atoms with Gasteiger partial charge in [0.1, 0.15) is 15.4 Å². The fourth-order valence-corrected chi connectivity index (χ4v) is 3.47. The summed E-state index contributed by atoms with van der Waals surface area (Å²) in [5, 5.41) is 0.868. The molecule has 0 atom stereocenters. The first kappa shape index (κ1) is 14.8. The fourth-order valence-electron chi connectivity index (χ4n) is 2.55. The van der Waals surface area contributed by atoms with Gasteiger partial charge in [-0.2, -0.15) is 4.39 Å². The van der Waals surface area contributed by atoms with Crippen LogP contribution in [0.25, 0.3) is 10.3 Å². The maximum absolute atomic E-state index is 13.8. The van der Waals surface area contributed by atoms with E-state index in [1.54, 1.807) is 6.20 Å². The molecule has 4 nitrogen and oxygen atoms in total. The molecule has 0 radical (unpaired) electrons. The van der Waals surface area contributed by atoms with Gasteiger partial charge in [0.2, 0.25) is 0 Å². The van der Waals surface area contributed by atoms with Gasteiger partial charge in [0.15, 0.2) is 0 Å². The summed E-state index contributed by atoms with van der Waals surface area (Å²) in [6.07, 6.45) is 2.10. The first-order chi connectivity index (χ1) is 11.8. The van der Waals surface area contributed by atoms with E-state index >= 15 is 0 Å². The second-order valence-corrected chi connectivity index (χ2v) is 6.46. The molecule has 0 unspecified atom stereocenters. The number of aromatic nitrogens is 4. The van der Waals surface area contributed by atoms with Gasteiger partial charge in [0.05, 0.1) is 11.4 Å². The van der Waals surface area contributed by atoms with Crippen molar-refractivity contribution < 1.29 is 4.39 Å². The molecular formula is C18H13FN4S. The smallest absolute Gasteiger partial charge is 0.244 e. The summed E-state index contributed by atoms with van der Waals surface area (Å²) in [6, 6.07) is 15.5. The third-order valence-electron chi connectivity index (χ3n) is 3.58. The SMILES string of the molecule is Fc1nc(Cc2ccccc2)cc(Cc2nc3cccnc3s2)n1. The maximum atomic E-state index is 13.8. The van der Waals surface area contributed by atoms with E-state index in [2.05, 4.69) is 19.9 Å². The molecule has 0 aliphatic carbocycles. The zero-order valence-corrected chi connectivity index (χ0v) is 13.5. The number of nitrogens with zero attached hydrogens (tertiary/aromatic N) is 4. The molecule has 6 heteroatoms. The minimum absolute atomic E-state index is 0.474. The highest BCUT2D eigenvalue weighted by atomic mass is 32.1. The van der Waals surface area contributed by atoms with Crippen LogP contribution in [0, 0.1) is 6.08 Å². The molecule has 0 aliphatic rings. The van der Waals surface area contributed by atoms with Crippen molar-refractivity contribution in [3.05, 3.63) is 82.8 Å². The van der Waals surface area contributed by atoms with Crippen LogP contribution in [-0.2, 0) is 12.8 Å². The van der Waals surface area contributed by atoms with Gasteiger partial charge in [0.25, 0.3) is 0 Å². The van der Waals surface area contributed by atoms with Gasteiger partial charge >= 0.3 is 6.08 Å². The first-order valence-corrected chi connectivity index (χ1v) is 8.34. The summed E-state index contributed by atoms with van der Waals surface area (Å²) in [5.74, 6) is 0. The van der Waals surface area contributed by atoms with Crippen molar-refractivity contribution in [2.24, 2.45) is 0 Å². The molecule has 118 valence electrons. The van der Waals surface area contributed by atoms with Crippen molar-refractivity contribution in [1.82, 2.24) is 19.9 Å². The van der Waals surface area contributed by atoms with Crippen molar-refractivity contribution in [1.29, 1.82) is 0 Å². The lowest BCUT2D eigenvalue weighted by molar-refractivity contribution is 0.527. The van der Waals surface area contributed by atoms with E-state index in [-0.39, 0.29) is 0 Å². The lowest BCUT2D eigenvalue weighted by Crippen LogP contribution is -2.02. The zero-order valence-electron chi connectivity index (χ0n) is 12.7.